The molecule has 2 N–H and O–H groups in total. The van der Waals surface area contributed by atoms with Gasteiger partial charge in [0.25, 0.3) is 5.91 Å². The van der Waals surface area contributed by atoms with Gasteiger partial charge in [0.05, 0.1) is 38.3 Å². The van der Waals surface area contributed by atoms with Crippen LogP contribution in [0.2, 0.25) is 5.02 Å². The van der Waals surface area contributed by atoms with E-state index in [4.69, 9.17) is 16.3 Å². The summed E-state index contributed by atoms with van der Waals surface area (Å²) in [6, 6.07) is 11.6. The fourth-order valence-electron chi connectivity index (χ4n) is 3.73. The van der Waals surface area contributed by atoms with Gasteiger partial charge in [-0.1, -0.05) is 23.7 Å². The Morgan fingerprint density at radius 1 is 1.21 bits per heavy atom. The van der Waals surface area contributed by atoms with Gasteiger partial charge in [0.2, 0.25) is 0 Å². The van der Waals surface area contributed by atoms with E-state index >= 15 is 0 Å². The third-order valence-corrected chi connectivity index (χ3v) is 6.04. The van der Waals surface area contributed by atoms with Crippen LogP contribution in [0.15, 0.2) is 36.4 Å². The normalized spacial score (nSPS) is 16.0. The summed E-state index contributed by atoms with van der Waals surface area (Å²) in [5.74, 6) is 0.609. The first kappa shape index (κ1) is 20.5. The van der Waals surface area contributed by atoms with Crippen molar-refractivity contribution in [2.75, 3.05) is 43.5 Å². The first-order valence-electron chi connectivity index (χ1n) is 9.71. The molecule has 1 atom stereocenters. The number of piperazine rings is 1. The van der Waals surface area contributed by atoms with E-state index in [1.54, 1.807) is 19.2 Å². The van der Waals surface area contributed by atoms with E-state index in [9.17, 15) is 4.79 Å². The molecule has 2 aromatic rings. The standard InChI is InChI=1S/C22H28ClN3O2/c1-15-6-5-7-20(16(15)2)26-12-10-25(11-13-26)17(3)22(27)24-18-8-9-21(28-4)19(23)14-18/h5-9,14,17H,10-13H2,1-4H3,(H,24,27)/p+1/t17-/m0/s1. The van der Waals surface area contributed by atoms with Gasteiger partial charge in [-0.2, -0.15) is 0 Å². The van der Waals surface area contributed by atoms with Crippen LogP contribution in [-0.2, 0) is 4.79 Å². The largest absolute Gasteiger partial charge is 0.495 e. The second-order valence-corrected chi connectivity index (χ2v) is 7.83. The molecule has 0 unspecified atom stereocenters. The summed E-state index contributed by atoms with van der Waals surface area (Å²) in [4.78, 5) is 16.4. The Hall–Kier alpha value is -2.24. The number of ether oxygens (including phenoxy) is 1. The van der Waals surface area contributed by atoms with Crippen molar-refractivity contribution in [1.29, 1.82) is 0 Å². The van der Waals surface area contributed by atoms with Crippen LogP contribution >= 0.6 is 11.6 Å². The predicted molar refractivity (Wildman–Crippen MR) is 115 cm³/mol. The highest BCUT2D eigenvalue weighted by molar-refractivity contribution is 6.32. The highest BCUT2D eigenvalue weighted by Crippen LogP contribution is 2.27. The predicted octanol–water partition coefficient (Wildman–Crippen LogP) is 2.70. The number of hydrogen-bond donors (Lipinski definition) is 2. The monoisotopic (exact) mass is 402 g/mol. The Morgan fingerprint density at radius 2 is 1.93 bits per heavy atom. The Balaban J connectivity index is 1.58. The number of quaternary nitrogens is 1. The van der Waals surface area contributed by atoms with Gasteiger partial charge in [0, 0.05) is 11.4 Å². The van der Waals surface area contributed by atoms with Crippen molar-refractivity contribution >= 4 is 28.9 Å². The van der Waals surface area contributed by atoms with E-state index in [0.29, 0.717) is 16.5 Å². The Morgan fingerprint density at radius 3 is 2.57 bits per heavy atom. The van der Waals surface area contributed by atoms with Gasteiger partial charge in [-0.3, -0.25) is 4.79 Å². The van der Waals surface area contributed by atoms with Crippen LogP contribution in [-0.4, -0.2) is 45.2 Å². The fraction of sp³-hybridized carbons (Fsp3) is 0.409. The summed E-state index contributed by atoms with van der Waals surface area (Å²) in [5.41, 5.74) is 4.66. The molecule has 2 aromatic carbocycles. The molecule has 1 aliphatic heterocycles. The molecule has 28 heavy (non-hydrogen) atoms. The molecule has 6 heteroatoms. The quantitative estimate of drug-likeness (QED) is 0.808. The summed E-state index contributed by atoms with van der Waals surface area (Å²) in [6.45, 7) is 10.1. The second-order valence-electron chi connectivity index (χ2n) is 7.42. The molecule has 1 fully saturated rings. The van der Waals surface area contributed by atoms with Crippen molar-refractivity contribution in [3.8, 4) is 5.75 Å². The number of amides is 1. The van der Waals surface area contributed by atoms with Crippen LogP contribution in [0, 0.1) is 13.8 Å². The average Bonchev–Trinajstić information content (AvgIpc) is 2.70. The first-order valence-corrected chi connectivity index (χ1v) is 10.1. The lowest BCUT2D eigenvalue weighted by Gasteiger charge is -2.36. The molecule has 3 rings (SSSR count). The minimum atomic E-state index is -0.123. The zero-order chi connectivity index (χ0) is 20.3. The number of aryl methyl sites for hydroxylation is 1. The van der Waals surface area contributed by atoms with Crippen molar-refractivity contribution in [3.05, 3.63) is 52.5 Å². The third kappa shape index (κ3) is 4.42. The first-order chi connectivity index (χ1) is 13.4. The number of hydrogen-bond acceptors (Lipinski definition) is 3. The van der Waals surface area contributed by atoms with Crippen molar-refractivity contribution in [1.82, 2.24) is 0 Å². The van der Waals surface area contributed by atoms with Gasteiger partial charge in [0.1, 0.15) is 5.75 Å². The van der Waals surface area contributed by atoms with Crippen molar-refractivity contribution in [2.45, 2.75) is 26.8 Å². The zero-order valence-electron chi connectivity index (χ0n) is 17.0. The maximum atomic E-state index is 12.7. The topological polar surface area (TPSA) is 46.0 Å². The number of methoxy groups -OCH3 is 1. The SMILES string of the molecule is COc1ccc(NC(=O)[C@H](C)[NH+]2CCN(c3cccc(C)c3C)CC2)cc1Cl. The molecule has 150 valence electrons. The molecule has 0 aliphatic carbocycles. The van der Waals surface area contributed by atoms with Crippen LogP contribution in [0.1, 0.15) is 18.1 Å². The Labute approximate surface area is 172 Å². The average molecular weight is 403 g/mol. The van der Waals surface area contributed by atoms with E-state index in [-0.39, 0.29) is 11.9 Å². The smallest absolute Gasteiger partial charge is 0.282 e. The molecule has 0 bridgehead atoms. The Kier molecular flexibility index (Phi) is 6.47. The minimum Gasteiger partial charge on any atom is -0.495 e. The molecule has 0 spiro atoms. The van der Waals surface area contributed by atoms with Gasteiger partial charge in [0.15, 0.2) is 6.04 Å². The maximum absolute atomic E-state index is 12.7. The summed E-state index contributed by atoms with van der Waals surface area (Å²) in [6.07, 6.45) is 0. The molecule has 1 aliphatic rings. The van der Waals surface area contributed by atoms with E-state index in [0.717, 1.165) is 26.2 Å². The highest BCUT2D eigenvalue weighted by Gasteiger charge is 2.29. The number of anilines is 2. The van der Waals surface area contributed by atoms with Gasteiger partial charge in [-0.05, 0) is 56.2 Å². The van der Waals surface area contributed by atoms with Crippen molar-refractivity contribution in [3.63, 3.8) is 0 Å². The van der Waals surface area contributed by atoms with Crippen LogP contribution in [0.3, 0.4) is 0 Å². The van der Waals surface area contributed by atoms with Crippen LogP contribution in [0.25, 0.3) is 0 Å². The molecule has 5 nitrogen and oxygen atoms in total. The molecule has 1 heterocycles. The van der Waals surface area contributed by atoms with Gasteiger partial charge in [-0.25, -0.2) is 0 Å². The molecule has 1 saturated heterocycles. The highest BCUT2D eigenvalue weighted by atomic mass is 35.5. The van der Waals surface area contributed by atoms with Crippen LogP contribution in [0.5, 0.6) is 5.75 Å². The molecular weight excluding hydrogens is 374 g/mol. The Bertz CT molecular complexity index is 848. The van der Waals surface area contributed by atoms with E-state index in [2.05, 4.69) is 42.3 Å². The van der Waals surface area contributed by atoms with E-state index in [1.165, 1.54) is 21.7 Å². The second kappa shape index (κ2) is 8.84. The fourth-order valence-corrected chi connectivity index (χ4v) is 3.98. The lowest BCUT2D eigenvalue weighted by atomic mass is 10.1. The number of nitrogens with zero attached hydrogens (tertiary/aromatic N) is 1. The molecule has 1 amide bonds. The molecule has 0 saturated carbocycles. The van der Waals surface area contributed by atoms with E-state index < -0.39 is 0 Å². The molecule has 0 radical (unpaired) electrons. The van der Waals surface area contributed by atoms with Gasteiger partial charge >= 0.3 is 0 Å². The lowest BCUT2D eigenvalue weighted by molar-refractivity contribution is -0.914. The van der Waals surface area contributed by atoms with Gasteiger partial charge in [-0.15, -0.1) is 0 Å². The van der Waals surface area contributed by atoms with Crippen LogP contribution < -0.4 is 19.9 Å². The lowest BCUT2D eigenvalue weighted by Crippen LogP contribution is -3.19. The number of benzene rings is 2. The van der Waals surface area contributed by atoms with E-state index in [1.807, 2.05) is 13.0 Å². The zero-order valence-corrected chi connectivity index (χ0v) is 17.8. The number of halogens is 1. The maximum Gasteiger partial charge on any atom is 0.282 e. The van der Waals surface area contributed by atoms with Crippen molar-refractivity contribution < 1.29 is 14.4 Å². The minimum absolute atomic E-state index is 0.0106. The summed E-state index contributed by atoms with van der Waals surface area (Å²) < 4.78 is 5.16. The summed E-state index contributed by atoms with van der Waals surface area (Å²) in [7, 11) is 1.57. The van der Waals surface area contributed by atoms with Crippen LogP contribution in [0.4, 0.5) is 11.4 Å². The van der Waals surface area contributed by atoms with Gasteiger partial charge < -0.3 is 19.9 Å². The summed E-state index contributed by atoms with van der Waals surface area (Å²) >= 11 is 6.15. The number of carbonyl (C=O) groups excluding carboxylic acids is 1. The molecule has 0 aromatic heterocycles. The number of carbonyl (C=O) groups is 1. The number of rotatable bonds is 5. The third-order valence-electron chi connectivity index (χ3n) is 5.75. The molecular formula is C22H29ClN3O2+. The van der Waals surface area contributed by atoms with Crippen molar-refractivity contribution in [2.24, 2.45) is 0 Å². The number of nitrogens with one attached hydrogen (secondary N) is 2. The summed E-state index contributed by atoms with van der Waals surface area (Å²) in [5, 5.41) is 3.47.